The first-order chi connectivity index (χ1) is 13.9. The molecule has 0 saturated heterocycles. The molecule has 1 aliphatic rings. The lowest BCUT2D eigenvalue weighted by atomic mass is 10.2. The molecule has 0 atom stereocenters. The second-order valence-electron chi connectivity index (χ2n) is 5.94. The van der Waals surface area contributed by atoms with Crippen LogP contribution in [0.25, 0.3) is 0 Å². The predicted octanol–water partition coefficient (Wildman–Crippen LogP) is 3.14. The molecule has 1 N–H and O–H groups in total. The van der Waals surface area contributed by atoms with E-state index in [-0.39, 0.29) is 40.2 Å². The van der Waals surface area contributed by atoms with Crippen LogP contribution in [0.4, 0.5) is 0 Å². The quantitative estimate of drug-likeness (QED) is 0.553. The summed E-state index contributed by atoms with van der Waals surface area (Å²) in [6, 6.07) is 11.5. The molecule has 0 saturated carbocycles. The highest BCUT2D eigenvalue weighted by atomic mass is 35.5. The zero-order valence-corrected chi connectivity index (χ0v) is 17.0. The Kier molecular flexibility index (Phi) is 6.06. The second-order valence-corrected chi connectivity index (χ2v) is 7.92. The third-order valence-electron chi connectivity index (χ3n) is 3.99. The van der Waals surface area contributed by atoms with E-state index in [1.807, 2.05) is 6.07 Å². The summed E-state index contributed by atoms with van der Waals surface area (Å²) < 4.78 is 33.8. The number of benzene rings is 2. The highest BCUT2D eigenvalue weighted by molar-refractivity contribution is 7.90. The van der Waals surface area contributed by atoms with Crippen LogP contribution < -0.4 is 4.74 Å². The van der Waals surface area contributed by atoms with E-state index in [1.165, 1.54) is 23.4 Å². The van der Waals surface area contributed by atoms with Gasteiger partial charge in [-0.1, -0.05) is 23.7 Å². The fraction of sp³-hybridized carbons (Fsp3) is 0.211. The van der Waals surface area contributed by atoms with E-state index < -0.39 is 10.0 Å². The minimum atomic E-state index is -3.82. The smallest absolute Gasteiger partial charge is 0.285 e. The molecule has 8 nitrogen and oxygen atoms in total. The van der Waals surface area contributed by atoms with Crippen LogP contribution in [0.1, 0.15) is 24.5 Å². The van der Waals surface area contributed by atoms with Gasteiger partial charge in [-0.25, -0.2) is 5.01 Å². The average Bonchev–Trinajstić information content (AvgIpc) is 2.97. The Morgan fingerprint density at radius 2 is 2.14 bits per heavy atom. The summed E-state index contributed by atoms with van der Waals surface area (Å²) >= 11 is 6.03. The highest BCUT2D eigenvalue weighted by Crippen LogP contribution is 2.35. The lowest BCUT2D eigenvalue weighted by Gasteiger charge is -2.17. The van der Waals surface area contributed by atoms with E-state index in [0.717, 1.165) is 0 Å². The minimum absolute atomic E-state index is 0.0899. The SMILES string of the molecule is CCOc1cc(C=NN(CCC#N)C2=NS(=O)(=O)c3ccccc32)cc(Cl)c1O. The van der Waals surface area contributed by atoms with Crippen molar-refractivity contribution < 1.29 is 18.3 Å². The Hall–Kier alpha value is -3.09. The molecule has 0 aromatic heterocycles. The van der Waals surface area contributed by atoms with E-state index in [2.05, 4.69) is 9.50 Å². The van der Waals surface area contributed by atoms with Crippen molar-refractivity contribution in [2.75, 3.05) is 13.2 Å². The number of hydrogen-bond donors (Lipinski definition) is 1. The average molecular weight is 433 g/mol. The maximum Gasteiger partial charge on any atom is 0.285 e. The number of fused-ring (bicyclic) bond motifs is 1. The lowest BCUT2D eigenvalue weighted by Crippen LogP contribution is -2.27. The molecule has 0 bridgehead atoms. The van der Waals surface area contributed by atoms with Gasteiger partial charge >= 0.3 is 0 Å². The van der Waals surface area contributed by atoms with Crippen LogP contribution in [0.3, 0.4) is 0 Å². The molecule has 10 heteroatoms. The summed E-state index contributed by atoms with van der Waals surface area (Å²) in [6.07, 6.45) is 1.54. The molecule has 0 fully saturated rings. The number of hydrogen-bond acceptors (Lipinski definition) is 7. The fourth-order valence-corrected chi connectivity index (χ4v) is 4.14. The summed E-state index contributed by atoms with van der Waals surface area (Å²) in [4.78, 5) is 0.0958. The first-order valence-corrected chi connectivity index (χ1v) is 10.5. The first-order valence-electron chi connectivity index (χ1n) is 8.65. The maximum absolute atomic E-state index is 12.3. The van der Waals surface area contributed by atoms with Crippen LogP contribution in [0, 0.1) is 11.3 Å². The molecule has 0 unspecified atom stereocenters. The molecule has 29 heavy (non-hydrogen) atoms. The maximum atomic E-state index is 12.3. The zero-order chi connectivity index (χ0) is 21.0. The van der Waals surface area contributed by atoms with Crippen molar-refractivity contribution in [1.29, 1.82) is 5.26 Å². The van der Waals surface area contributed by atoms with Crippen LogP contribution in [0.2, 0.25) is 5.02 Å². The molecule has 0 aliphatic carbocycles. The number of phenolic OH excluding ortho intramolecular Hbond substituents is 1. The van der Waals surface area contributed by atoms with Crippen molar-refractivity contribution in [3.8, 4) is 17.6 Å². The normalized spacial score (nSPS) is 14.3. The molecular formula is C19H17ClN4O4S. The molecule has 2 aromatic rings. The Morgan fingerprint density at radius 1 is 1.38 bits per heavy atom. The van der Waals surface area contributed by atoms with Crippen molar-refractivity contribution in [2.24, 2.45) is 9.50 Å². The number of nitriles is 1. The Bertz CT molecular complexity index is 1140. The third-order valence-corrected chi connectivity index (χ3v) is 5.60. The van der Waals surface area contributed by atoms with Gasteiger partial charge in [-0.15, -0.1) is 4.40 Å². The van der Waals surface area contributed by atoms with Crippen molar-refractivity contribution in [3.63, 3.8) is 0 Å². The van der Waals surface area contributed by atoms with Crippen molar-refractivity contribution >= 4 is 33.7 Å². The fourth-order valence-electron chi connectivity index (χ4n) is 2.72. The third kappa shape index (κ3) is 4.34. The van der Waals surface area contributed by atoms with E-state index in [9.17, 15) is 13.5 Å². The van der Waals surface area contributed by atoms with Gasteiger partial charge in [0.1, 0.15) is 4.90 Å². The van der Waals surface area contributed by atoms with Crippen LogP contribution in [-0.2, 0) is 10.0 Å². The summed E-state index contributed by atoms with van der Waals surface area (Å²) in [5.41, 5.74) is 0.939. The molecule has 1 heterocycles. The van der Waals surface area contributed by atoms with E-state index in [1.54, 1.807) is 31.2 Å². The number of halogens is 1. The molecule has 3 rings (SSSR count). The number of hydrazone groups is 1. The molecule has 1 aliphatic heterocycles. The molecule has 0 amide bonds. The number of sulfonamides is 1. The number of nitrogens with zero attached hydrogens (tertiary/aromatic N) is 4. The van der Waals surface area contributed by atoms with Crippen LogP contribution in [0.5, 0.6) is 11.5 Å². The lowest BCUT2D eigenvalue weighted by molar-refractivity contribution is 0.318. The van der Waals surface area contributed by atoms with Gasteiger partial charge in [0.05, 0.1) is 36.9 Å². The van der Waals surface area contributed by atoms with Gasteiger partial charge in [0.2, 0.25) is 0 Å². The summed E-state index contributed by atoms with van der Waals surface area (Å²) in [7, 11) is -3.82. The van der Waals surface area contributed by atoms with Gasteiger partial charge in [-0.2, -0.15) is 18.8 Å². The number of phenols is 1. The van der Waals surface area contributed by atoms with Crippen LogP contribution in [-0.4, -0.2) is 43.7 Å². The van der Waals surface area contributed by atoms with E-state index >= 15 is 0 Å². The largest absolute Gasteiger partial charge is 0.503 e. The number of ether oxygens (including phenoxy) is 1. The van der Waals surface area contributed by atoms with Crippen LogP contribution in [0.15, 0.2) is 50.8 Å². The minimum Gasteiger partial charge on any atom is -0.503 e. The molecule has 150 valence electrons. The van der Waals surface area contributed by atoms with Gasteiger partial charge in [0.15, 0.2) is 17.3 Å². The van der Waals surface area contributed by atoms with Crippen LogP contribution >= 0.6 is 11.6 Å². The molecule has 0 spiro atoms. The van der Waals surface area contributed by atoms with Gasteiger partial charge in [-0.05, 0) is 36.8 Å². The van der Waals surface area contributed by atoms with Gasteiger partial charge in [-0.3, -0.25) is 0 Å². The summed E-state index contributed by atoms with van der Waals surface area (Å²) in [6.45, 7) is 2.25. The van der Waals surface area contributed by atoms with Crippen molar-refractivity contribution in [2.45, 2.75) is 18.2 Å². The summed E-state index contributed by atoms with van der Waals surface area (Å²) in [5, 5.41) is 24.7. The Morgan fingerprint density at radius 3 is 2.86 bits per heavy atom. The van der Waals surface area contributed by atoms with Gasteiger partial charge in [0.25, 0.3) is 10.0 Å². The standard InChI is InChI=1S/C19H17ClN4O4S/c1-2-28-16-11-13(10-15(20)18(16)25)12-22-24(9-5-8-21)19-14-6-3-4-7-17(14)29(26,27)23-19/h3-4,6-7,10-12,25H,2,5,9H2,1H3. The van der Waals surface area contributed by atoms with Crippen molar-refractivity contribution in [1.82, 2.24) is 5.01 Å². The van der Waals surface area contributed by atoms with E-state index in [4.69, 9.17) is 21.6 Å². The predicted molar refractivity (Wildman–Crippen MR) is 109 cm³/mol. The monoisotopic (exact) mass is 432 g/mol. The topological polar surface area (TPSA) is 115 Å². The number of rotatable bonds is 6. The Labute approximate surface area is 173 Å². The van der Waals surface area contributed by atoms with Gasteiger partial charge in [0, 0.05) is 5.56 Å². The second kappa shape index (κ2) is 8.51. The molecule has 2 aromatic carbocycles. The van der Waals surface area contributed by atoms with Gasteiger partial charge < -0.3 is 9.84 Å². The molecular weight excluding hydrogens is 416 g/mol. The van der Waals surface area contributed by atoms with E-state index in [0.29, 0.717) is 17.7 Å². The van der Waals surface area contributed by atoms with Crippen molar-refractivity contribution in [3.05, 3.63) is 52.5 Å². The number of aromatic hydroxyl groups is 1. The first kappa shape index (κ1) is 20.6. The summed E-state index contributed by atoms with van der Waals surface area (Å²) in [5.74, 6) is 0.172. The number of amidine groups is 1. The zero-order valence-electron chi connectivity index (χ0n) is 15.4. The molecule has 0 radical (unpaired) electrons. The Balaban J connectivity index is 1.99. The highest BCUT2D eigenvalue weighted by Gasteiger charge is 2.31.